The Balaban J connectivity index is 1.28. The number of carbonyl (C=O) groups excluding carboxylic acids is 1. The van der Waals surface area contributed by atoms with Crippen LogP contribution in [-0.2, 0) is 14.8 Å². The van der Waals surface area contributed by atoms with E-state index in [0.717, 1.165) is 96.1 Å². The molecule has 7 heteroatoms. The number of piperidine rings is 2. The van der Waals surface area contributed by atoms with Gasteiger partial charge in [-0.25, -0.2) is 8.42 Å². The normalized spacial score (nSPS) is 23.0. The van der Waals surface area contributed by atoms with Crippen molar-refractivity contribution in [1.82, 2.24) is 9.21 Å². The van der Waals surface area contributed by atoms with Crippen molar-refractivity contribution in [3.05, 3.63) is 29.3 Å². The molecule has 3 fully saturated rings. The van der Waals surface area contributed by atoms with Crippen molar-refractivity contribution in [3.63, 3.8) is 0 Å². The summed E-state index contributed by atoms with van der Waals surface area (Å²) in [5.41, 5.74) is 0.155. The molecule has 2 atom stereocenters. The first-order chi connectivity index (χ1) is 20.8. The molecule has 2 aliphatic heterocycles. The number of rotatable bonds is 18. The van der Waals surface area contributed by atoms with E-state index in [1.165, 1.54) is 51.4 Å². The fourth-order valence-electron chi connectivity index (χ4n) is 7.78. The summed E-state index contributed by atoms with van der Waals surface area (Å²) in [5, 5.41) is 0.556. The zero-order valence-electron chi connectivity index (χ0n) is 27.2. The molecule has 1 aromatic rings. The molecule has 0 N–H and O–H groups in total. The molecule has 1 aliphatic carbocycles. The summed E-state index contributed by atoms with van der Waals surface area (Å²) in [6.45, 7) is 6.34. The Labute approximate surface area is 268 Å². The number of hydrogen-bond donors (Lipinski definition) is 0. The summed E-state index contributed by atoms with van der Waals surface area (Å²) < 4.78 is 29.9. The van der Waals surface area contributed by atoms with Gasteiger partial charge >= 0.3 is 0 Å². The summed E-state index contributed by atoms with van der Waals surface area (Å²) in [4.78, 5) is 15.8. The third-order valence-electron chi connectivity index (χ3n) is 10.7. The van der Waals surface area contributed by atoms with Gasteiger partial charge in [-0.3, -0.25) is 4.79 Å². The first kappa shape index (κ1) is 34.8. The number of carbonyl (C=O) groups is 1. The molecule has 2 unspecified atom stereocenters. The van der Waals surface area contributed by atoms with E-state index in [4.69, 9.17) is 11.6 Å². The van der Waals surface area contributed by atoms with E-state index in [0.29, 0.717) is 22.2 Å². The van der Waals surface area contributed by atoms with E-state index in [1.54, 1.807) is 24.3 Å². The fourth-order valence-corrected chi connectivity index (χ4v) is 9.84. The quantitative estimate of drug-likeness (QED) is 0.151. The molecule has 2 saturated heterocycles. The number of sulfonamides is 1. The van der Waals surface area contributed by atoms with E-state index in [-0.39, 0.29) is 17.5 Å². The summed E-state index contributed by atoms with van der Waals surface area (Å²) >= 11 is 6.09. The first-order valence-corrected chi connectivity index (χ1v) is 19.7. The molecule has 4 rings (SSSR count). The number of nitrogens with zero attached hydrogens (tertiary/aromatic N) is 2. The third kappa shape index (κ3) is 10.2. The van der Waals surface area contributed by atoms with Crippen molar-refractivity contribution >= 4 is 27.5 Å². The van der Waals surface area contributed by atoms with Gasteiger partial charge in [0.25, 0.3) is 0 Å². The maximum Gasteiger partial charge on any atom is 0.243 e. The monoisotopic (exact) mass is 634 g/mol. The van der Waals surface area contributed by atoms with Crippen LogP contribution in [0.25, 0.3) is 0 Å². The van der Waals surface area contributed by atoms with Crippen molar-refractivity contribution < 1.29 is 13.2 Å². The van der Waals surface area contributed by atoms with Crippen LogP contribution in [0.15, 0.2) is 29.2 Å². The molecular weight excluding hydrogens is 576 g/mol. The minimum absolute atomic E-state index is 0.0357. The molecule has 244 valence electrons. The van der Waals surface area contributed by atoms with Crippen molar-refractivity contribution in [1.29, 1.82) is 0 Å². The lowest BCUT2D eigenvalue weighted by Crippen LogP contribution is -2.50. The smallest absolute Gasteiger partial charge is 0.243 e. The highest BCUT2D eigenvalue weighted by Gasteiger charge is 2.45. The number of benzene rings is 1. The molecule has 1 amide bonds. The van der Waals surface area contributed by atoms with Gasteiger partial charge in [-0.1, -0.05) is 96.1 Å². The van der Waals surface area contributed by atoms with Gasteiger partial charge in [0, 0.05) is 36.6 Å². The van der Waals surface area contributed by atoms with Crippen molar-refractivity contribution in [2.24, 2.45) is 11.3 Å². The second kappa shape index (κ2) is 17.0. The number of unbranched alkanes of at least 4 members (excludes halogenated alkanes) is 6. The first-order valence-electron chi connectivity index (χ1n) is 17.8. The lowest BCUT2D eigenvalue weighted by molar-refractivity contribution is -0.134. The minimum Gasteiger partial charge on any atom is -0.343 e. The Morgan fingerprint density at radius 1 is 0.814 bits per heavy atom. The van der Waals surface area contributed by atoms with Crippen LogP contribution in [0.5, 0.6) is 0 Å². The molecule has 43 heavy (non-hydrogen) atoms. The average molecular weight is 635 g/mol. The van der Waals surface area contributed by atoms with Crippen LogP contribution >= 0.6 is 11.6 Å². The lowest BCUT2D eigenvalue weighted by atomic mass is 9.88. The lowest BCUT2D eigenvalue weighted by Gasteiger charge is -2.41. The zero-order valence-corrected chi connectivity index (χ0v) is 28.8. The molecule has 0 radical (unpaired) electrons. The van der Waals surface area contributed by atoms with Gasteiger partial charge in [-0.2, -0.15) is 4.31 Å². The SMILES string of the molecule is CCCCCCCC1CCN(C(=O)CC2(CCCC3CCCC(CCCCC)N3S(=O)(=O)c3ccc(Cl)cc3)CC2)CC1. The highest BCUT2D eigenvalue weighted by atomic mass is 35.5. The molecule has 2 heterocycles. The van der Waals surface area contributed by atoms with Crippen LogP contribution in [0, 0.1) is 11.3 Å². The van der Waals surface area contributed by atoms with Crippen molar-refractivity contribution in [2.45, 2.75) is 166 Å². The molecule has 3 aliphatic rings. The van der Waals surface area contributed by atoms with Crippen LogP contribution < -0.4 is 0 Å². The van der Waals surface area contributed by atoms with Gasteiger partial charge < -0.3 is 4.90 Å². The second-order valence-corrected chi connectivity index (χ2v) is 16.4. The van der Waals surface area contributed by atoms with Crippen molar-refractivity contribution in [2.75, 3.05) is 13.1 Å². The highest BCUT2D eigenvalue weighted by molar-refractivity contribution is 7.89. The number of halogens is 1. The van der Waals surface area contributed by atoms with E-state index in [9.17, 15) is 13.2 Å². The summed E-state index contributed by atoms with van der Waals surface area (Å²) in [5.74, 6) is 1.16. The summed E-state index contributed by atoms with van der Waals surface area (Å²) in [6, 6.07) is 6.80. The summed E-state index contributed by atoms with van der Waals surface area (Å²) in [7, 11) is -3.60. The second-order valence-electron chi connectivity index (χ2n) is 14.1. The highest BCUT2D eigenvalue weighted by Crippen LogP contribution is 2.53. The van der Waals surface area contributed by atoms with Crippen LogP contribution in [0.1, 0.15) is 149 Å². The van der Waals surface area contributed by atoms with Crippen LogP contribution in [0.2, 0.25) is 5.02 Å². The third-order valence-corrected chi connectivity index (χ3v) is 13.0. The van der Waals surface area contributed by atoms with Crippen LogP contribution in [-0.4, -0.2) is 48.7 Å². The van der Waals surface area contributed by atoms with Gasteiger partial charge in [0.15, 0.2) is 0 Å². The van der Waals surface area contributed by atoms with Gasteiger partial charge in [0.05, 0.1) is 4.90 Å². The van der Waals surface area contributed by atoms with Crippen LogP contribution in [0.4, 0.5) is 0 Å². The molecule has 0 aromatic heterocycles. The van der Waals surface area contributed by atoms with Gasteiger partial charge in [-0.05, 0) is 93.4 Å². The molecule has 0 spiro atoms. The van der Waals surface area contributed by atoms with Gasteiger partial charge in [0.2, 0.25) is 15.9 Å². The number of amides is 1. The maximum atomic E-state index is 14.0. The van der Waals surface area contributed by atoms with E-state index in [2.05, 4.69) is 18.7 Å². The minimum atomic E-state index is -3.60. The summed E-state index contributed by atoms with van der Waals surface area (Å²) in [6.07, 6.45) is 23.6. The Kier molecular flexibility index (Phi) is 13.7. The number of likely N-dealkylation sites (tertiary alicyclic amines) is 1. The van der Waals surface area contributed by atoms with Gasteiger partial charge in [0.1, 0.15) is 0 Å². The molecule has 1 aromatic carbocycles. The van der Waals surface area contributed by atoms with Gasteiger partial charge in [-0.15, -0.1) is 0 Å². The number of hydrogen-bond acceptors (Lipinski definition) is 3. The standard InChI is InChI=1S/C36H59ClN2O3S/c1-3-5-7-8-10-13-30-22-27-38(28-23-30)35(40)29-36(25-26-36)24-12-17-33-16-11-15-32(14-9-6-4-2)39(33)43(41,42)34-20-18-31(37)19-21-34/h18-21,30,32-33H,3-17,22-29H2,1-2H3. The molecule has 0 bridgehead atoms. The van der Waals surface area contributed by atoms with E-state index < -0.39 is 10.0 Å². The van der Waals surface area contributed by atoms with E-state index in [1.807, 2.05) is 4.31 Å². The Hall–Kier alpha value is -1.11. The Morgan fingerprint density at radius 2 is 1.40 bits per heavy atom. The van der Waals surface area contributed by atoms with Crippen LogP contribution in [0.3, 0.4) is 0 Å². The predicted molar refractivity (Wildman–Crippen MR) is 179 cm³/mol. The molecular formula is C36H59ClN2O3S. The Morgan fingerprint density at radius 3 is 2.02 bits per heavy atom. The average Bonchev–Trinajstić information content (AvgIpc) is 3.76. The molecule has 1 saturated carbocycles. The van der Waals surface area contributed by atoms with Crippen molar-refractivity contribution in [3.8, 4) is 0 Å². The zero-order chi connectivity index (χ0) is 30.7. The predicted octanol–water partition coefficient (Wildman–Crippen LogP) is 9.77. The fraction of sp³-hybridized carbons (Fsp3) is 0.806. The Bertz CT molecular complexity index is 1080. The largest absolute Gasteiger partial charge is 0.343 e. The maximum absolute atomic E-state index is 14.0. The van der Waals surface area contributed by atoms with E-state index >= 15 is 0 Å². The molecule has 5 nitrogen and oxygen atoms in total. The topological polar surface area (TPSA) is 57.7 Å².